The first kappa shape index (κ1) is 10.1. The van der Waals surface area contributed by atoms with Crippen LogP contribution in [-0.4, -0.2) is 24.3 Å². The molecule has 0 saturated carbocycles. The van der Waals surface area contributed by atoms with Crippen LogP contribution in [0.1, 0.15) is 16.2 Å². The molecule has 1 heterocycles. The van der Waals surface area contributed by atoms with Gasteiger partial charge in [0.2, 0.25) is 0 Å². The lowest BCUT2D eigenvalue weighted by Crippen LogP contribution is -2.04. The Morgan fingerprint density at radius 2 is 2.29 bits per heavy atom. The normalized spacial score (nSPS) is 10.1. The third-order valence-corrected chi connectivity index (χ3v) is 1.51. The molecule has 1 aromatic rings. The minimum Gasteiger partial charge on any atom is -0.464 e. The topological polar surface area (TPSA) is 56.3 Å². The second kappa shape index (κ2) is 4.91. The number of allylic oxidation sites excluding steroid dienone is 1. The van der Waals surface area contributed by atoms with Gasteiger partial charge in [-0.05, 0) is 24.3 Å². The fourth-order valence-corrected chi connectivity index (χ4v) is 0.900. The molecule has 1 rings (SSSR count). The molecule has 0 bridgehead atoms. The van der Waals surface area contributed by atoms with Gasteiger partial charge in [-0.15, -0.1) is 0 Å². The third-order valence-electron chi connectivity index (χ3n) is 1.51. The highest BCUT2D eigenvalue weighted by Gasteiger charge is 2.05. The molecule has 0 N–H and O–H groups in total. The van der Waals surface area contributed by atoms with Gasteiger partial charge in [0, 0.05) is 0 Å². The van der Waals surface area contributed by atoms with Crippen LogP contribution in [-0.2, 0) is 9.53 Å². The van der Waals surface area contributed by atoms with E-state index in [9.17, 15) is 9.59 Å². The first-order chi connectivity index (χ1) is 6.77. The van der Waals surface area contributed by atoms with Gasteiger partial charge in [-0.3, -0.25) is 4.79 Å². The molecule has 0 spiro atoms. The van der Waals surface area contributed by atoms with Crippen molar-refractivity contribution in [3.63, 3.8) is 0 Å². The molecule has 0 unspecified atom stereocenters. The number of carbonyl (C=O) groups excluding carboxylic acids is 2. The van der Waals surface area contributed by atoms with Crippen LogP contribution in [0.5, 0.6) is 0 Å². The molecule has 0 aliphatic rings. The van der Waals surface area contributed by atoms with Gasteiger partial charge in [0.1, 0.15) is 12.0 Å². The lowest BCUT2D eigenvalue weighted by molar-refractivity contribution is -0.104. The Balaban J connectivity index is 2.94. The number of aldehydes is 1. The number of methoxy groups -OCH3 is 1. The molecule has 0 radical (unpaired) electrons. The molecule has 0 aliphatic heterocycles. The van der Waals surface area contributed by atoms with Gasteiger partial charge in [0.05, 0.1) is 12.8 Å². The third kappa shape index (κ3) is 2.52. The summed E-state index contributed by atoms with van der Waals surface area (Å²) in [7, 11) is 1.29. The molecule has 0 aliphatic carbocycles. The second-order valence-corrected chi connectivity index (χ2v) is 2.43. The van der Waals surface area contributed by atoms with Crippen molar-refractivity contribution in [1.29, 1.82) is 0 Å². The van der Waals surface area contributed by atoms with Crippen LogP contribution in [0.15, 0.2) is 24.3 Å². The number of hydrogen-bond donors (Lipinski definition) is 0. The van der Waals surface area contributed by atoms with E-state index in [1.54, 1.807) is 18.2 Å². The maximum atomic E-state index is 11.1. The van der Waals surface area contributed by atoms with Crippen molar-refractivity contribution < 1.29 is 14.3 Å². The number of ether oxygens (including phenoxy) is 1. The minimum atomic E-state index is -0.494. The van der Waals surface area contributed by atoms with Gasteiger partial charge in [-0.25, -0.2) is 9.78 Å². The quantitative estimate of drug-likeness (QED) is 0.407. The first-order valence-electron chi connectivity index (χ1n) is 3.95. The summed E-state index contributed by atoms with van der Waals surface area (Å²) in [5.41, 5.74) is 0.764. The van der Waals surface area contributed by atoms with E-state index in [4.69, 9.17) is 0 Å². The number of carbonyl (C=O) groups is 2. The summed E-state index contributed by atoms with van der Waals surface area (Å²) in [5, 5.41) is 0. The Bertz CT molecular complexity index is 371. The van der Waals surface area contributed by atoms with Crippen molar-refractivity contribution in [2.24, 2.45) is 0 Å². The predicted molar refractivity (Wildman–Crippen MR) is 50.7 cm³/mol. The number of rotatable bonds is 3. The number of nitrogens with zero attached hydrogens (tertiary/aromatic N) is 1. The number of hydrogen-bond acceptors (Lipinski definition) is 4. The summed E-state index contributed by atoms with van der Waals surface area (Å²) in [4.78, 5) is 25.1. The summed E-state index contributed by atoms with van der Waals surface area (Å²) in [6.07, 6.45) is 3.47. The average molecular weight is 191 g/mol. The van der Waals surface area contributed by atoms with E-state index in [1.807, 2.05) is 0 Å². The van der Waals surface area contributed by atoms with Crippen molar-refractivity contribution in [2.75, 3.05) is 7.11 Å². The zero-order valence-electron chi connectivity index (χ0n) is 7.64. The molecule has 1 aromatic heterocycles. The van der Waals surface area contributed by atoms with E-state index in [0.29, 0.717) is 12.0 Å². The van der Waals surface area contributed by atoms with Gasteiger partial charge < -0.3 is 4.74 Å². The van der Waals surface area contributed by atoms with E-state index in [2.05, 4.69) is 9.72 Å². The Morgan fingerprint density at radius 1 is 1.50 bits per heavy atom. The van der Waals surface area contributed by atoms with Crippen molar-refractivity contribution >= 4 is 18.3 Å². The standard InChI is InChI=1S/C10H9NO3/c1-14-10(13)9-6-2-4-8(11-9)5-3-7-12/h2-7H,1H3. The van der Waals surface area contributed by atoms with Crippen LogP contribution in [0.3, 0.4) is 0 Å². The van der Waals surface area contributed by atoms with E-state index >= 15 is 0 Å². The molecule has 4 heteroatoms. The van der Waals surface area contributed by atoms with Gasteiger partial charge in [0.15, 0.2) is 0 Å². The van der Waals surface area contributed by atoms with Crippen LogP contribution >= 0.6 is 0 Å². The molecule has 14 heavy (non-hydrogen) atoms. The Kier molecular flexibility index (Phi) is 3.55. The van der Waals surface area contributed by atoms with Crippen molar-refractivity contribution in [2.45, 2.75) is 0 Å². The lowest BCUT2D eigenvalue weighted by Gasteiger charge is -1.98. The second-order valence-electron chi connectivity index (χ2n) is 2.43. The SMILES string of the molecule is COC(=O)c1cccc(C=CC=O)n1. The summed E-state index contributed by atoms with van der Waals surface area (Å²) in [5.74, 6) is -0.494. The van der Waals surface area contributed by atoms with Crippen LogP contribution < -0.4 is 0 Å². The Hall–Kier alpha value is -1.97. The van der Waals surface area contributed by atoms with Crippen molar-refractivity contribution in [1.82, 2.24) is 4.98 Å². The monoisotopic (exact) mass is 191 g/mol. The predicted octanol–water partition coefficient (Wildman–Crippen LogP) is 1.08. The molecule has 0 aromatic carbocycles. The summed E-state index contributed by atoms with van der Waals surface area (Å²) >= 11 is 0. The van der Waals surface area contributed by atoms with Gasteiger partial charge >= 0.3 is 5.97 Å². The zero-order chi connectivity index (χ0) is 10.4. The molecule has 0 atom stereocenters. The molecule has 4 nitrogen and oxygen atoms in total. The maximum Gasteiger partial charge on any atom is 0.356 e. The van der Waals surface area contributed by atoms with E-state index in [-0.39, 0.29) is 5.69 Å². The van der Waals surface area contributed by atoms with E-state index in [0.717, 1.165) is 0 Å². The lowest BCUT2D eigenvalue weighted by atomic mass is 10.3. The fourth-order valence-electron chi connectivity index (χ4n) is 0.900. The Morgan fingerprint density at radius 3 is 2.93 bits per heavy atom. The highest BCUT2D eigenvalue weighted by atomic mass is 16.5. The zero-order valence-corrected chi connectivity index (χ0v) is 7.64. The molecular formula is C10H9NO3. The van der Waals surface area contributed by atoms with Crippen LogP contribution in [0.2, 0.25) is 0 Å². The highest BCUT2D eigenvalue weighted by molar-refractivity contribution is 5.87. The van der Waals surface area contributed by atoms with Crippen LogP contribution in [0.4, 0.5) is 0 Å². The Labute approximate surface area is 81.2 Å². The largest absolute Gasteiger partial charge is 0.464 e. The van der Waals surface area contributed by atoms with Crippen LogP contribution in [0.25, 0.3) is 6.08 Å². The average Bonchev–Trinajstić information content (AvgIpc) is 2.25. The van der Waals surface area contributed by atoms with Gasteiger partial charge in [-0.2, -0.15) is 0 Å². The van der Waals surface area contributed by atoms with Gasteiger partial charge in [-0.1, -0.05) is 6.07 Å². The first-order valence-corrected chi connectivity index (χ1v) is 3.95. The number of esters is 1. The molecule has 72 valence electrons. The maximum absolute atomic E-state index is 11.1. The van der Waals surface area contributed by atoms with E-state index < -0.39 is 5.97 Å². The van der Waals surface area contributed by atoms with Crippen molar-refractivity contribution in [3.8, 4) is 0 Å². The fraction of sp³-hybridized carbons (Fsp3) is 0.100. The van der Waals surface area contributed by atoms with Gasteiger partial charge in [0.25, 0.3) is 0 Å². The highest BCUT2D eigenvalue weighted by Crippen LogP contribution is 2.02. The summed E-state index contributed by atoms with van der Waals surface area (Å²) < 4.78 is 4.50. The molecular weight excluding hydrogens is 182 g/mol. The van der Waals surface area contributed by atoms with Crippen LogP contribution in [0, 0.1) is 0 Å². The summed E-state index contributed by atoms with van der Waals surface area (Å²) in [6, 6.07) is 4.90. The number of pyridine rings is 1. The molecule has 0 saturated heterocycles. The molecule has 0 fully saturated rings. The minimum absolute atomic E-state index is 0.223. The number of aromatic nitrogens is 1. The van der Waals surface area contributed by atoms with E-state index in [1.165, 1.54) is 19.3 Å². The summed E-state index contributed by atoms with van der Waals surface area (Å²) in [6.45, 7) is 0. The smallest absolute Gasteiger partial charge is 0.356 e. The molecule has 0 amide bonds. The van der Waals surface area contributed by atoms with Crippen molar-refractivity contribution in [3.05, 3.63) is 35.7 Å².